The molecule has 0 aliphatic rings. The van der Waals surface area contributed by atoms with E-state index in [1.54, 1.807) is 14.0 Å². The number of carboxylic acid groups (broad SMARTS) is 1. The second-order valence-corrected chi connectivity index (χ2v) is 4.04. The van der Waals surface area contributed by atoms with E-state index in [1.165, 1.54) is 11.1 Å². The van der Waals surface area contributed by atoms with Crippen LogP contribution in [-0.4, -0.2) is 46.5 Å². The zero-order valence-electron chi connectivity index (χ0n) is 11.0. The first kappa shape index (κ1) is 14.9. The highest BCUT2D eigenvalue weighted by Crippen LogP contribution is 2.16. The summed E-state index contributed by atoms with van der Waals surface area (Å²) in [5.41, 5.74) is -0.485. The molecule has 1 aromatic rings. The van der Waals surface area contributed by atoms with E-state index in [-0.39, 0.29) is 11.7 Å². The number of halogens is 1. The van der Waals surface area contributed by atoms with Gasteiger partial charge in [-0.25, -0.2) is 14.2 Å². The molecule has 0 aliphatic heterocycles. The van der Waals surface area contributed by atoms with E-state index >= 15 is 0 Å². The summed E-state index contributed by atoms with van der Waals surface area (Å²) in [5, 5.41) is 11.4. The Morgan fingerprint density at radius 2 is 2.21 bits per heavy atom. The van der Waals surface area contributed by atoms with Crippen LogP contribution in [0.5, 0.6) is 0 Å². The first-order valence-corrected chi connectivity index (χ1v) is 5.77. The van der Waals surface area contributed by atoms with Gasteiger partial charge in [-0.1, -0.05) is 0 Å². The van der Waals surface area contributed by atoms with Gasteiger partial charge in [-0.2, -0.15) is 0 Å². The van der Waals surface area contributed by atoms with E-state index in [2.05, 4.69) is 10.3 Å². The van der Waals surface area contributed by atoms with Crippen molar-refractivity contribution in [1.29, 1.82) is 0 Å². The fourth-order valence-electron chi connectivity index (χ4n) is 1.46. The largest absolute Gasteiger partial charge is 0.478 e. The van der Waals surface area contributed by atoms with Gasteiger partial charge in [-0.05, 0) is 19.9 Å². The first-order valence-electron chi connectivity index (χ1n) is 5.77. The summed E-state index contributed by atoms with van der Waals surface area (Å²) in [6, 6.07) is 0.365. The van der Waals surface area contributed by atoms with Crippen LogP contribution in [0.3, 0.4) is 0 Å². The molecule has 19 heavy (non-hydrogen) atoms. The maximum Gasteiger partial charge on any atom is 0.338 e. The molecule has 0 aliphatic carbocycles. The molecular weight excluding hydrogens is 253 g/mol. The second kappa shape index (κ2) is 6.12. The molecule has 7 heteroatoms. The number of carbonyl (C=O) groups excluding carboxylic acids is 1. The lowest BCUT2D eigenvalue weighted by Crippen LogP contribution is -2.39. The van der Waals surface area contributed by atoms with E-state index in [1.807, 2.05) is 6.92 Å². The van der Waals surface area contributed by atoms with Crippen LogP contribution in [-0.2, 0) is 4.79 Å². The van der Waals surface area contributed by atoms with Crippen LogP contribution in [0.1, 0.15) is 24.2 Å². The van der Waals surface area contributed by atoms with Crippen molar-refractivity contribution >= 4 is 17.7 Å². The molecule has 0 bridgehead atoms. The summed E-state index contributed by atoms with van der Waals surface area (Å²) in [5.74, 6) is -2.84. The Balaban J connectivity index is 2.91. The fourth-order valence-corrected chi connectivity index (χ4v) is 1.46. The van der Waals surface area contributed by atoms with Gasteiger partial charge in [0, 0.05) is 19.8 Å². The SMILES string of the molecule is CCN(C)C(=O)C(C)Nc1nccc(C(=O)O)c1F. The molecule has 1 atom stereocenters. The lowest BCUT2D eigenvalue weighted by Gasteiger charge is -2.21. The maximum atomic E-state index is 13.8. The number of amides is 1. The molecule has 0 spiro atoms. The third-order valence-electron chi connectivity index (χ3n) is 2.69. The number of anilines is 1. The number of carboxylic acids is 1. The standard InChI is InChI=1S/C12H16FN3O3/c1-4-16(3)11(17)7(2)15-10-9(13)8(12(18)19)5-6-14-10/h5-7H,4H2,1-3H3,(H,14,15)(H,18,19). The van der Waals surface area contributed by atoms with E-state index in [0.29, 0.717) is 6.54 Å². The van der Waals surface area contributed by atoms with Gasteiger partial charge < -0.3 is 15.3 Å². The predicted molar refractivity (Wildman–Crippen MR) is 67.6 cm³/mol. The summed E-state index contributed by atoms with van der Waals surface area (Å²) >= 11 is 0. The summed E-state index contributed by atoms with van der Waals surface area (Å²) in [6.07, 6.45) is 1.18. The van der Waals surface area contributed by atoms with Crippen LogP contribution in [0, 0.1) is 5.82 Å². The number of hydrogen-bond acceptors (Lipinski definition) is 4. The zero-order chi connectivity index (χ0) is 14.6. The van der Waals surface area contributed by atoms with Crippen molar-refractivity contribution in [3.8, 4) is 0 Å². The molecular formula is C12H16FN3O3. The number of nitrogens with zero attached hydrogens (tertiary/aromatic N) is 2. The number of aromatic carboxylic acids is 1. The zero-order valence-corrected chi connectivity index (χ0v) is 11.0. The number of aromatic nitrogens is 1. The van der Waals surface area contributed by atoms with Gasteiger partial charge in [-0.3, -0.25) is 4.79 Å². The summed E-state index contributed by atoms with van der Waals surface area (Å²) < 4.78 is 13.8. The van der Waals surface area contributed by atoms with Gasteiger partial charge in [0.1, 0.15) is 11.6 Å². The molecule has 104 valence electrons. The Morgan fingerprint density at radius 1 is 1.58 bits per heavy atom. The van der Waals surface area contributed by atoms with E-state index in [9.17, 15) is 14.0 Å². The number of likely N-dealkylation sites (N-methyl/N-ethyl adjacent to an activating group) is 1. The maximum absolute atomic E-state index is 13.8. The normalized spacial score (nSPS) is 11.8. The Morgan fingerprint density at radius 3 is 2.74 bits per heavy atom. The van der Waals surface area contributed by atoms with E-state index in [4.69, 9.17) is 5.11 Å². The van der Waals surface area contributed by atoms with Gasteiger partial charge in [-0.15, -0.1) is 0 Å². The molecule has 0 saturated carbocycles. The van der Waals surface area contributed by atoms with Crippen molar-refractivity contribution in [2.45, 2.75) is 19.9 Å². The summed E-state index contributed by atoms with van der Waals surface area (Å²) in [4.78, 5) is 27.8. The van der Waals surface area contributed by atoms with Crippen molar-refractivity contribution in [3.63, 3.8) is 0 Å². The Labute approximate surface area is 110 Å². The van der Waals surface area contributed by atoms with E-state index in [0.717, 1.165) is 6.07 Å². The molecule has 1 heterocycles. The molecule has 6 nitrogen and oxygen atoms in total. The third kappa shape index (κ3) is 3.40. The Kier molecular flexibility index (Phi) is 4.80. The topological polar surface area (TPSA) is 82.5 Å². The molecule has 1 rings (SSSR count). The number of pyridine rings is 1. The van der Waals surface area contributed by atoms with Crippen molar-refractivity contribution in [1.82, 2.24) is 9.88 Å². The smallest absolute Gasteiger partial charge is 0.338 e. The molecule has 1 unspecified atom stereocenters. The van der Waals surface area contributed by atoms with Crippen LogP contribution in [0.25, 0.3) is 0 Å². The second-order valence-electron chi connectivity index (χ2n) is 4.04. The van der Waals surface area contributed by atoms with Crippen molar-refractivity contribution in [2.75, 3.05) is 18.9 Å². The highest BCUT2D eigenvalue weighted by Gasteiger charge is 2.20. The van der Waals surface area contributed by atoms with Crippen LogP contribution >= 0.6 is 0 Å². The Bertz CT molecular complexity index is 493. The quantitative estimate of drug-likeness (QED) is 0.839. The summed E-state index contributed by atoms with van der Waals surface area (Å²) in [7, 11) is 1.62. The van der Waals surface area contributed by atoms with Crippen LogP contribution in [0.2, 0.25) is 0 Å². The lowest BCUT2D eigenvalue weighted by atomic mass is 10.2. The van der Waals surface area contributed by atoms with E-state index < -0.39 is 23.4 Å². The van der Waals surface area contributed by atoms with Gasteiger partial charge in [0.15, 0.2) is 11.6 Å². The molecule has 0 radical (unpaired) electrons. The van der Waals surface area contributed by atoms with Crippen molar-refractivity contribution < 1.29 is 19.1 Å². The van der Waals surface area contributed by atoms with Crippen LogP contribution in [0.15, 0.2) is 12.3 Å². The summed E-state index contributed by atoms with van der Waals surface area (Å²) in [6.45, 7) is 3.90. The number of nitrogens with one attached hydrogen (secondary N) is 1. The molecule has 0 saturated heterocycles. The minimum Gasteiger partial charge on any atom is -0.478 e. The van der Waals surface area contributed by atoms with Crippen molar-refractivity contribution in [3.05, 3.63) is 23.6 Å². The van der Waals surface area contributed by atoms with Gasteiger partial charge in [0.05, 0.1) is 0 Å². The van der Waals surface area contributed by atoms with Crippen molar-refractivity contribution in [2.24, 2.45) is 0 Å². The molecule has 1 amide bonds. The minimum atomic E-state index is -1.38. The Hall–Kier alpha value is -2.18. The average molecular weight is 269 g/mol. The number of hydrogen-bond donors (Lipinski definition) is 2. The highest BCUT2D eigenvalue weighted by atomic mass is 19.1. The monoisotopic (exact) mass is 269 g/mol. The molecule has 0 aromatic carbocycles. The molecule has 0 fully saturated rings. The molecule has 1 aromatic heterocycles. The predicted octanol–water partition coefficient (Wildman–Crippen LogP) is 1.20. The highest BCUT2D eigenvalue weighted by molar-refractivity contribution is 5.89. The van der Waals surface area contributed by atoms with Crippen LogP contribution in [0.4, 0.5) is 10.2 Å². The fraction of sp³-hybridized carbons (Fsp3) is 0.417. The number of rotatable bonds is 5. The molecule has 2 N–H and O–H groups in total. The van der Waals surface area contributed by atoms with Gasteiger partial charge in [0.25, 0.3) is 0 Å². The first-order chi connectivity index (χ1) is 8.88. The third-order valence-corrected chi connectivity index (χ3v) is 2.69. The van der Waals surface area contributed by atoms with Crippen LogP contribution < -0.4 is 5.32 Å². The lowest BCUT2D eigenvalue weighted by molar-refractivity contribution is -0.130. The minimum absolute atomic E-state index is 0.232. The average Bonchev–Trinajstić information content (AvgIpc) is 2.38. The number of carbonyl (C=O) groups is 2. The van der Waals surface area contributed by atoms with Gasteiger partial charge >= 0.3 is 5.97 Å². The van der Waals surface area contributed by atoms with Gasteiger partial charge in [0.2, 0.25) is 5.91 Å².